The van der Waals surface area contributed by atoms with Gasteiger partial charge in [-0.1, -0.05) is 26.0 Å². The van der Waals surface area contributed by atoms with Crippen molar-refractivity contribution in [3.8, 4) is 5.75 Å². The molecule has 0 spiro atoms. The molecule has 1 aliphatic rings. The van der Waals surface area contributed by atoms with Gasteiger partial charge in [0.05, 0.1) is 5.69 Å². The molecule has 0 aliphatic carbocycles. The molecule has 0 radical (unpaired) electrons. The van der Waals surface area contributed by atoms with Gasteiger partial charge in [-0.2, -0.15) is 0 Å². The van der Waals surface area contributed by atoms with Crippen LogP contribution in [0.2, 0.25) is 0 Å². The first-order valence-corrected chi connectivity index (χ1v) is 8.52. The van der Waals surface area contributed by atoms with Crippen molar-refractivity contribution in [3.05, 3.63) is 57.8 Å². The zero-order chi connectivity index (χ0) is 16.9. The summed E-state index contributed by atoms with van der Waals surface area (Å²) in [6.07, 6.45) is 1.82. The van der Waals surface area contributed by atoms with Gasteiger partial charge in [0.15, 0.2) is 0 Å². The summed E-state index contributed by atoms with van der Waals surface area (Å²) < 4.78 is 11.1. The summed E-state index contributed by atoms with van der Waals surface area (Å²) in [5.74, 6) is 2.13. The standard InChI is InChI=1S/C19H24N2O3/c1-13(2)14-3-5-16(6-4-14)24-12-18-20-17(11-19(22)21-18)15-7-9-23-10-8-15/h3-6,11,13,15H,7-10,12H2,1-2H3,(H,20,21,22). The summed E-state index contributed by atoms with van der Waals surface area (Å²) in [6, 6.07) is 9.63. The van der Waals surface area contributed by atoms with E-state index in [1.165, 1.54) is 5.56 Å². The molecule has 2 aromatic rings. The van der Waals surface area contributed by atoms with Gasteiger partial charge >= 0.3 is 0 Å². The molecule has 5 heteroatoms. The largest absolute Gasteiger partial charge is 0.486 e. The molecule has 24 heavy (non-hydrogen) atoms. The van der Waals surface area contributed by atoms with Gasteiger partial charge in [-0.05, 0) is 36.5 Å². The van der Waals surface area contributed by atoms with Gasteiger partial charge < -0.3 is 14.5 Å². The van der Waals surface area contributed by atoms with Crippen LogP contribution in [0.15, 0.2) is 35.1 Å². The van der Waals surface area contributed by atoms with E-state index in [2.05, 4.69) is 35.9 Å². The number of H-pyrrole nitrogens is 1. The molecular weight excluding hydrogens is 304 g/mol. The minimum atomic E-state index is -0.125. The number of hydrogen-bond acceptors (Lipinski definition) is 4. The van der Waals surface area contributed by atoms with Crippen molar-refractivity contribution >= 4 is 0 Å². The second-order valence-electron chi connectivity index (χ2n) is 6.52. The van der Waals surface area contributed by atoms with Crippen LogP contribution in [0.3, 0.4) is 0 Å². The minimum Gasteiger partial charge on any atom is -0.486 e. The minimum absolute atomic E-state index is 0.125. The van der Waals surface area contributed by atoms with Gasteiger partial charge in [-0.25, -0.2) is 4.98 Å². The monoisotopic (exact) mass is 328 g/mol. The van der Waals surface area contributed by atoms with E-state index in [1.807, 2.05) is 12.1 Å². The highest BCUT2D eigenvalue weighted by Crippen LogP contribution is 2.24. The molecule has 1 N–H and O–H groups in total. The second kappa shape index (κ2) is 7.62. The van der Waals surface area contributed by atoms with E-state index in [0.717, 1.165) is 37.5 Å². The number of benzene rings is 1. The number of nitrogens with zero attached hydrogens (tertiary/aromatic N) is 1. The third kappa shape index (κ3) is 4.23. The van der Waals surface area contributed by atoms with E-state index in [0.29, 0.717) is 17.7 Å². The second-order valence-corrected chi connectivity index (χ2v) is 6.52. The number of nitrogens with one attached hydrogen (secondary N) is 1. The Morgan fingerprint density at radius 2 is 1.96 bits per heavy atom. The Morgan fingerprint density at radius 1 is 1.25 bits per heavy atom. The highest BCUT2D eigenvalue weighted by atomic mass is 16.5. The predicted octanol–water partition coefficient (Wildman–Crippen LogP) is 3.37. The normalized spacial score (nSPS) is 15.6. The molecule has 128 valence electrons. The van der Waals surface area contributed by atoms with Crippen LogP contribution >= 0.6 is 0 Å². The molecule has 5 nitrogen and oxygen atoms in total. The van der Waals surface area contributed by atoms with Gasteiger partial charge in [0, 0.05) is 25.2 Å². The summed E-state index contributed by atoms with van der Waals surface area (Å²) in [5, 5.41) is 0. The van der Waals surface area contributed by atoms with E-state index in [-0.39, 0.29) is 12.2 Å². The average molecular weight is 328 g/mol. The van der Waals surface area contributed by atoms with E-state index in [4.69, 9.17) is 9.47 Å². The van der Waals surface area contributed by atoms with Crippen LogP contribution in [0.1, 0.15) is 55.6 Å². The number of aromatic nitrogens is 2. The van der Waals surface area contributed by atoms with Crippen molar-refractivity contribution in [2.24, 2.45) is 0 Å². The van der Waals surface area contributed by atoms with E-state index in [1.54, 1.807) is 6.07 Å². The van der Waals surface area contributed by atoms with Crippen LogP contribution in [0.5, 0.6) is 5.75 Å². The molecule has 1 aromatic heterocycles. The zero-order valence-electron chi connectivity index (χ0n) is 14.2. The Balaban J connectivity index is 1.68. The molecule has 2 heterocycles. The maximum absolute atomic E-state index is 11.9. The van der Waals surface area contributed by atoms with E-state index >= 15 is 0 Å². The molecule has 3 rings (SSSR count). The summed E-state index contributed by atoms with van der Waals surface area (Å²) in [4.78, 5) is 19.2. The summed E-state index contributed by atoms with van der Waals surface area (Å²) in [6.45, 7) is 6.03. The third-order valence-corrected chi connectivity index (χ3v) is 4.37. The summed E-state index contributed by atoms with van der Waals surface area (Å²) in [5.41, 5.74) is 1.99. The Kier molecular flexibility index (Phi) is 5.30. The molecule has 1 aliphatic heterocycles. The van der Waals surface area contributed by atoms with Crippen LogP contribution in [0.4, 0.5) is 0 Å². The lowest BCUT2D eigenvalue weighted by Gasteiger charge is -2.21. The van der Waals surface area contributed by atoms with Crippen molar-refractivity contribution in [2.75, 3.05) is 13.2 Å². The lowest BCUT2D eigenvalue weighted by Crippen LogP contribution is -2.20. The van der Waals surface area contributed by atoms with Crippen molar-refractivity contribution in [3.63, 3.8) is 0 Å². The third-order valence-electron chi connectivity index (χ3n) is 4.37. The molecule has 0 saturated carbocycles. The summed E-state index contributed by atoms with van der Waals surface area (Å²) >= 11 is 0. The lowest BCUT2D eigenvalue weighted by atomic mass is 9.96. The Labute approximate surface area is 142 Å². The smallest absolute Gasteiger partial charge is 0.251 e. The first-order valence-electron chi connectivity index (χ1n) is 8.52. The van der Waals surface area contributed by atoms with Crippen LogP contribution in [0, 0.1) is 0 Å². The number of aromatic amines is 1. The maximum atomic E-state index is 11.9. The van der Waals surface area contributed by atoms with Gasteiger partial charge in [-0.3, -0.25) is 4.79 Å². The summed E-state index contributed by atoms with van der Waals surface area (Å²) in [7, 11) is 0. The molecule has 1 fully saturated rings. The van der Waals surface area contributed by atoms with Crippen LogP contribution in [-0.2, 0) is 11.3 Å². The molecule has 0 bridgehead atoms. The molecule has 0 unspecified atom stereocenters. The lowest BCUT2D eigenvalue weighted by molar-refractivity contribution is 0.0843. The Hall–Kier alpha value is -2.14. The zero-order valence-corrected chi connectivity index (χ0v) is 14.2. The van der Waals surface area contributed by atoms with Gasteiger partial charge in [-0.15, -0.1) is 0 Å². The van der Waals surface area contributed by atoms with Gasteiger partial charge in [0.1, 0.15) is 18.2 Å². The number of hydrogen-bond donors (Lipinski definition) is 1. The van der Waals surface area contributed by atoms with Gasteiger partial charge in [0.25, 0.3) is 5.56 Å². The van der Waals surface area contributed by atoms with Crippen LogP contribution in [0.25, 0.3) is 0 Å². The van der Waals surface area contributed by atoms with Crippen molar-refractivity contribution in [2.45, 2.75) is 45.1 Å². The topological polar surface area (TPSA) is 64.2 Å². The fourth-order valence-corrected chi connectivity index (χ4v) is 2.90. The predicted molar refractivity (Wildman–Crippen MR) is 92.5 cm³/mol. The maximum Gasteiger partial charge on any atom is 0.251 e. The van der Waals surface area contributed by atoms with E-state index < -0.39 is 0 Å². The molecule has 1 aromatic carbocycles. The fourth-order valence-electron chi connectivity index (χ4n) is 2.90. The van der Waals surface area contributed by atoms with Crippen molar-refractivity contribution < 1.29 is 9.47 Å². The Bertz CT molecular complexity index is 716. The van der Waals surface area contributed by atoms with Gasteiger partial charge in [0.2, 0.25) is 0 Å². The Morgan fingerprint density at radius 3 is 2.62 bits per heavy atom. The highest BCUT2D eigenvalue weighted by Gasteiger charge is 2.18. The van der Waals surface area contributed by atoms with Crippen LogP contribution < -0.4 is 10.3 Å². The SMILES string of the molecule is CC(C)c1ccc(OCc2nc(C3CCOCC3)cc(=O)[nH]2)cc1. The number of ether oxygens (including phenoxy) is 2. The number of rotatable bonds is 5. The van der Waals surface area contributed by atoms with E-state index in [9.17, 15) is 4.79 Å². The van der Waals surface area contributed by atoms with Crippen molar-refractivity contribution in [1.82, 2.24) is 9.97 Å². The van der Waals surface area contributed by atoms with Crippen LogP contribution in [-0.4, -0.2) is 23.2 Å². The quantitative estimate of drug-likeness (QED) is 0.914. The highest BCUT2D eigenvalue weighted by molar-refractivity contribution is 5.29. The molecular formula is C19H24N2O3. The first-order chi connectivity index (χ1) is 11.6. The average Bonchev–Trinajstić information content (AvgIpc) is 2.60. The molecule has 0 atom stereocenters. The molecule has 0 amide bonds. The van der Waals surface area contributed by atoms with Crippen molar-refractivity contribution in [1.29, 1.82) is 0 Å². The fraction of sp³-hybridized carbons (Fsp3) is 0.474. The first kappa shape index (κ1) is 16.7. The molecule has 1 saturated heterocycles.